The summed E-state index contributed by atoms with van der Waals surface area (Å²) in [6.45, 7) is 0. The molecular weight excluding hydrogens is 276 g/mol. The van der Waals surface area contributed by atoms with Gasteiger partial charge in [-0.15, -0.1) is 12.3 Å². The number of terminal acetylenes is 1. The molecule has 1 aliphatic rings. The standard InChI is InChI=1S/C19H24O3/c1-3-4-5-6-7-8-11-14-17-18(22-17)15-12-9-10-13-16-19(20)21-2/h1,17-18H,4-8,11,13-14,16H2,2H3/t17-,18-/m0/s1. The van der Waals surface area contributed by atoms with Crippen molar-refractivity contribution in [1.82, 2.24) is 0 Å². The SMILES string of the molecule is C#CCCCCCCC[C@@H]1O[C@H]1C#CC#CCCC(=O)OC. The highest BCUT2D eigenvalue weighted by molar-refractivity contribution is 5.69. The van der Waals surface area contributed by atoms with Crippen LogP contribution in [0.1, 0.15) is 57.8 Å². The molecule has 1 fully saturated rings. The average Bonchev–Trinajstić information content (AvgIpc) is 3.28. The van der Waals surface area contributed by atoms with E-state index in [0.29, 0.717) is 12.8 Å². The van der Waals surface area contributed by atoms with E-state index in [2.05, 4.69) is 34.3 Å². The third-order valence-electron chi connectivity index (χ3n) is 3.44. The van der Waals surface area contributed by atoms with E-state index in [1.165, 1.54) is 32.8 Å². The Kier molecular flexibility index (Phi) is 9.69. The summed E-state index contributed by atoms with van der Waals surface area (Å²) in [6.07, 6.45) is 14.3. The van der Waals surface area contributed by atoms with Gasteiger partial charge in [0, 0.05) is 12.8 Å². The van der Waals surface area contributed by atoms with E-state index < -0.39 is 0 Å². The van der Waals surface area contributed by atoms with Crippen LogP contribution in [0.15, 0.2) is 0 Å². The minimum Gasteiger partial charge on any atom is -0.469 e. The number of esters is 1. The Morgan fingerprint density at radius 1 is 1.14 bits per heavy atom. The number of unbranched alkanes of at least 4 members (excludes halogenated alkanes) is 5. The molecule has 3 heteroatoms. The second-order valence-corrected chi connectivity index (χ2v) is 5.25. The van der Waals surface area contributed by atoms with Gasteiger partial charge < -0.3 is 9.47 Å². The van der Waals surface area contributed by atoms with Crippen LogP contribution in [0.3, 0.4) is 0 Å². The molecule has 2 atom stereocenters. The van der Waals surface area contributed by atoms with Gasteiger partial charge in [0.15, 0.2) is 0 Å². The Morgan fingerprint density at radius 3 is 2.68 bits per heavy atom. The Morgan fingerprint density at radius 2 is 1.91 bits per heavy atom. The Labute approximate surface area is 134 Å². The summed E-state index contributed by atoms with van der Waals surface area (Å²) in [5.41, 5.74) is 0. The molecule has 1 saturated heterocycles. The molecule has 0 radical (unpaired) electrons. The summed E-state index contributed by atoms with van der Waals surface area (Å²) in [4.78, 5) is 10.8. The quantitative estimate of drug-likeness (QED) is 0.284. The maximum atomic E-state index is 10.8. The van der Waals surface area contributed by atoms with Gasteiger partial charge in [0.1, 0.15) is 6.10 Å². The van der Waals surface area contributed by atoms with E-state index in [0.717, 1.165) is 19.3 Å². The lowest BCUT2D eigenvalue weighted by atomic mass is 10.1. The van der Waals surface area contributed by atoms with Crippen molar-refractivity contribution in [2.75, 3.05) is 7.11 Å². The molecule has 3 nitrogen and oxygen atoms in total. The van der Waals surface area contributed by atoms with E-state index in [9.17, 15) is 4.79 Å². The van der Waals surface area contributed by atoms with Gasteiger partial charge in [0.2, 0.25) is 0 Å². The molecule has 1 rings (SSSR count). The highest BCUT2D eigenvalue weighted by Gasteiger charge is 2.36. The van der Waals surface area contributed by atoms with Crippen molar-refractivity contribution in [1.29, 1.82) is 0 Å². The molecular formula is C19H24O3. The summed E-state index contributed by atoms with van der Waals surface area (Å²) >= 11 is 0. The molecule has 22 heavy (non-hydrogen) atoms. The van der Waals surface area contributed by atoms with Crippen LogP contribution in [0.2, 0.25) is 0 Å². The molecule has 0 unspecified atom stereocenters. The van der Waals surface area contributed by atoms with Gasteiger partial charge in [-0.3, -0.25) is 4.79 Å². The van der Waals surface area contributed by atoms with Crippen LogP contribution in [-0.2, 0) is 14.3 Å². The van der Waals surface area contributed by atoms with E-state index >= 15 is 0 Å². The molecule has 0 aliphatic carbocycles. The topological polar surface area (TPSA) is 38.8 Å². The van der Waals surface area contributed by atoms with Gasteiger partial charge in [0.25, 0.3) is 0 Å². The van der Waals surface area contributed by atoms with Crippen LogP contribution in [0, 0.1) is 36.0 Å². The van der Waals surface area contributed by atoms with E-state index in [1.54, 1.807) is 0 Å². The smallest absolute Gasteiger partial charge is 0.306 e. The third kappa shape index (κ3) is 9.12. The number of carbonyl (C=O) groups is 1. The lowest BCUT2D eigenvalue weighted by Gasteiger charge is -1.97. The lowest BCUT2D eigenvalue weighted by molar-refractivity contribution is -0.140. The molecule has 0 aromatic rings. The Balaban J connectivity index is 1.98. The number of hydrogen-bond donors (Lipinski definition) is 0. The van der Waals surface area contributed by atoms with Crippen LogP contribution in [0.4, 0.5) is 0 Å². The Bertz CT molecular complexity index is 493. The lowest BCUT2D eigenvalue weighted by Crippen LogP contribution is -1.98. The van der Waals surface area contributed by atoms with Crippen molar-refractivity contribution in [3.8, 4) is 36.0 Å². The Hall–Kier alpha value is -1.89. The van der Waals surface area contributed by atoms with E-state index in [-0.39, 0.29) is 18.2 Å². The minimum absolute atomic E-state index is 0.0522. The summed E-state index contributed by atoms with van der Waals surface area (Å²) in [5, 5.41) is 0. The number of ether oxygens (including phenoxy) is 2. The van der Waals surface area contributed by atoms with Gasteiger partial charge in [-0.05, 0) is 24.7 Å². The van der Waals surface area contributed by atoms with Crippen molar-refractivity contribution in [2.45, 2.75) is 70.0 Å². The average molecular weight is 300 g/mol. The van der Waals surface area contributed by atoms with Crippen LogP contribution in [-0.4, -0.2) is 25.3 Å². The van der Waals surface area contributed by atoms with Gasteiger partial charge in [-0.25, -0.2) is 0 Å². The highest BCUT2D eigenvalue weighted by Crippen LogP contribution is 2.26. The first kappa shape index (κ1) is 18.2. The molecule has 118 valence electrons. The number of hydrogen-bond acceptors (Lipinski definition) is 3. The first-order chi connectivity index (χ1) is 10.8. The van der Waals surface area contributed by atoms with Gasteiger partial charge in [-0.1, -0.05) is 37.5 Å². The van der Waals surface area contributed by atoms with Crippen molar-refractivity contribution in [2.24, 2.45) is 0 Å². The second kappa shape index (κ2) is 11.7. The first-order valence-corrected chi connectivity index (χ1v) is 7.92. The molecule has 0 bridgehead atoms. The normalized spacial score (nSPS) is 18.2. The number of epoxide rings is 1. The maximum Gasteiger partial charge on any atom is 0.306 e. The molecule has 0 aromatic heterocycles. The monoisotopic (exact) mass is 300 g/mol. The van der Waals surface area contributed by atoms with E-state index in [1.807, 2.05) is 0 Å². The van der Waals surface area contributed by atoms with Crippen LogP contribution >= 0.6 is 0 Å². The third-order valence-corrected chi connectivity index (χ3v) is 3.44. The molecule has 1 heterocycles. The molecule has 0 amide bonds. The first-order valence-electron chi connectivity index (χ1n) is 7.92. The predicted molar refractivity (Wildman–Crippen MR) is 86.6 cm³/mol. The van der Waals surface area contributed by atoms with Crippen molar-refractivity contribution >= 4 is 5.97 Å². The van der Waals surface area contributed by atoms with E-state index in [4.69, 9.17) is 11.2 Å². The molecule has 0 N–H and O–H groups in total. The summed E-state index contributed by atoms with van der Waals surface area (Å²) < 4.78 is 10.0. The second-order valence-electron chi connectivity index (χ2n) is 5.25. The largest absolute Gasteiger partial charge is 0.469 e. The summed E-state index contributed by atoms with van der Waals surface area (Å²) in [6, 6.07) is 0. The zero-order chi connectivity index (χ0) is 16.0. The van der Waals surface area contributed by atoms with Gasteiger partial charge in [-0.2, -0.15) is 0 Å². The summed E-state index contributed by atoms with van der Waals surface area (Å²) in [5.74, 6) is 13.8. The summed E-state index contributed by atoms with van der Waals surface area (Å²) in [7, 11) is 1.37. The minimum atomic E-state index is -0.243. The van der Waals surface area contributed by atoms with Crippen LogP contribution in [0.5, 0.6) is 0 Å². The van der Waals surface area contributed by atoms with Crippen molar-refractivity contribution in [3.05, 3.63) is 0 Å². The number of rotatable bonds is 9. The molecule has 1 aliphatic heterocycles. The van der Waals surface area contributed by atoms with Gasteiger partial charge in [0.05, 0.1) is 19.6 Å². The molecule has 0 spiro atoms. The van der Waals surface area contributed by atoms with Gasteiger partial charge >= 0.3 is 5.97 Å². The zero-order valence-electron chi connectivity index (χ0n) is 13.3. The number of carbonyl (C=O) groups excluding carboxylic acids is 1. The predicted octanol–water partition coefficient (Wildman–Crippen LogP) is 3.08. The van der Waals surface area contributed by atoms with Crippen LogP contribution in [0.25, 0.3) is 0 Å². The highest BCUT2D eigenvalue weighted by atomic mass is 16.6. The van der Waals surface area contributed by atoms with Crippen molar-refractivity contribution in [3.63, 3.8) is 0 Å². The molecule has 0 saturated carbocycles. The van der Waals surface area contributed by atoms with Crippen molar-refractivity contribution < 1.29 is 14.3 Å². The number of methoxy groups -OCH3 is 1. The molecule has 0 aromatic carbocycles. The maximum absolute atomic E-state index is 10.8. The van der Waals surface area contributed by atoms with Crippen LogP contribution < -0.4 is 0 Å². The zero-order valence-corrected chi connectivity index (χ0v) is 13.3. The fourth-order valence-corrected chi connectivity index (χ4v) is 2.07. The fraction of sp³-hybridized carbons (Fsp3) is 0.632. The fourth-order valence-electron chi connectivity index (χ4n) is 2.07.